The summed E-state index contributed by atoms with van der Waals surface area (Å²) in [5, 5.41) is 3.39. The van der Waals surface area contributed by atoms with Gasteiger partial charge in [-0.2, -0.15) is 0 Å². The van der Waals surface area contributed by atoms with E-state index >= 15 is 0 Å². The van der Waals surface area contributed by atoms with Crippen molar-refractivity contribution in [2.45, 2.75) is 32.9 Å². The molecule has 0 saturated carbocycles. The second kappa shape index (κ2) is 6.02. The number of likely N-dealkylation sites (N-methyl/N-ethyl adjacent to an activating group) is 2. The van der Waals surface area contributed by atoms with Crippen molar-refractivity contribution in [1.82, 2.24) is 10.2 Å². The predicted molar refractivity (Wildman–Crippen MR) is 70.7 cm³/mol. The van der Waals surface area contributed by atoms with Gasteiger partial charge >= 0.3 is 0 Å². The van der Waals surface area contributed by atoms with Crippen LogP contribution in [0.2, 0.25) is 0 Å². The van der Waals surface area contributed by atoms with Crippen LogP contribution in [0.15, 0.2) is 24.3 Å². The van der Waals surface area contributed by atoms with E-state index in [-0.39, 0.29) is 0 Å². The van der Waals surface area contributed by atoms with Crippen molar-refractivity contribution in [3.05, 3.63) is 35.4 Å². The number of nitrogens with one attached hydrogen (secondary N) is 1. The molecule has 0 spiro atoms. The molecule has 0 aliphatic rings. The number of nitrogens with zero attached hydrogens (tertiary/aromatic N) is 1. The van der Waals surface area contributed by atoms with Crippen LogP contribution >= 0.6 is 0 Å². The van der Waals surface area contributed by atoms with Gasteiger partial charge in [0.1, 0.15) is 0 Å². The van der Waals surface area contributed by atoms with E-state index in [0.717, 1.165) is 6.54 Å². The van der Waals surface area contributed by atoms with Crippen LogP contribution < -0.4 is 5.32 Å². The molecule has 0 bridgehead atoms. The summed E-state index contributed by atoms with van der Waals surface area (Å²) in [6, 6.07) is 9.72. The van der Waals surface area contributed by atoms with Crippen molar-refractivity contribution < 1.29 is 0 Å². The molecule has 0 aliphatic heterocycles. The molecular formula is C14H24N2. The van der Waals surface area contributed by atoms with E-state index < -0.39 is 0 Å². The molecule has 1 N–H and O–H groups in total. The maximum atomic E-state index is 3.39. The van der Waals surface area contributed by atoms with E-state index in [4.69, 9.17) is 0 Å². The van der Waals surface area contributed by atoms with E-state index in [0.29, 0.717) is 12.1 Å². The SMILES string of the molecule is CNC(CN(C)C(C)C)c1cccc(C)c1. The fourth-order valence-corrected chi connectivity index (χ4v) is 1.75. The van der Waals surface area contributed by atoms with Gasteiger partial charge in [0.2, 0.25) is 0 Å². The molecule has 0 aromatic heterocycles. The Kier molecular flexibility index (Phi) is 4.97. The lowest BCUT2D eigenvalue weighted by molar-refractivity contribution is 0.246. The highest BCUT2D eigenvalue weighted by atomic mass is 15.1. The van der Waals surface area contributed by atoms with Gasteiger partial charge in [0, 0.05) is 18.6 Å². The Morgan fingerprint density at radius 2 is 2.00 bits per heavy atom. The maximum absolute atomic E-state index is 3.39. The zero-order valence-electron chi connectivity index (χ0n) is 11.1. The van der Waals surface area contributed by atoms with Gasteiger partial charge in [-0.25, -0.2) is 0 Å². The molecule has 1 rings (SSSR count). The normalized spacial score (nSPS) is 13.4. The number of hydrogen-bond donors (Lipinski definition) is 1. The van der Waals surface area contributed by atoms with Crippen LogP contribution in [-0.2, 0) is 0 Å². The Balaban J connectivity index is 2.74. The average molecular weight is 220 g/mol. The minimum Gasteiger partial charge on any atom is -0.312 e. The summed E-state index contributed by atoms with van der Waals surface area (Å²) in [5.41, 5.74) is 2.69. The summed E-state index contributed by atoms with van der Waals surface area (Å²) in [7, 11) is 4.20. The number of benzene rings is 1. The average Bonchev–Trinajstić information content (AvgIpc) is 2.25. The third kappa shape index (κ3) is 3.62. The molecule has 90 valence electrons. The first-order valence-corrected chi connectivity index (χ1v) is 5.98. The van der Waals surface area contributed by atoms with Crippen LogP contribution in [0, 0.1) is 6.92 Å². The van der Waals surface area contributed by atoms with Crippen LogP contribution in [0.5, 0.6) is 0 Å². The number of aryl methyl sites for hydroxylation is 1. The molecule has 0 saturated heterocycles. The summed E-state index contributed by atoms with van der Waals surface area (Å²) in [5.74, 6) is 0. The van der Waals surface area contributed by atoms with Crippen LogP contribution in [0.1, 0.15) is 31.0 Å². The summed E-state index contributed by atoms with van der Waals surface area (Å²) in [6.07, 6.45) is 0. The lowest BCUT2D eigenvalue weighted by Crippen LogP contribution is -2.35. The fourth-order valence-electron chi connectivity index (χ4n) is 1.75. The molecule has 0 fully saturated rings. The molecule has 2 nitrogen and oxygen atoms in total. The van der Waals surface area contributed by atoms with Gasteiger partial charge in [0.25, 0.3) is 0 Å². The second-order valence-corrected chi connectivity index (χ2v) is 4.79. The lowest BCUT2D eigenvalue weighted by atomic mass is 10.0. The second-order valence-electron chi connectivity index (χ2n) is 4.79. The zero-order valence-corrected chi connectivity index (χ0v) is 11.1. The summed E-state index contributed by atoms with van der Waals surface area (Å²) >= 11 is 0. The molecule has 1 aromatic carbocycles. The van der Waals surface area contributed by atoms with Gasteiger partial charge in [0.15, 0.2) is 0 Å². The van der Waals surface area contributed by atoms with E-state index in [1.165, 1.54) is 11.1 Å². The van der Waals surface area contributed by atoms with Crippen molar-refractivity contribution in [3.8, 4) is 0 Å². The molecule has 1 unspecified atom stereocenters. The van der Waals surface area contributed by atoms with Crippen molar-refractivity contribution in [2.75, 3.05) is 20.6 Å². The first-order chi connectivity index (χ1) is 7.54. The smallest absolute Gasteiger partial charge is 0.0446 e. The Bertz CT molecular complexity index is 320. The van der Waals surface area contributed by atoms with E-state index in [2.05, 4.69) is 62.3 Å². The molecule has 0 amide bonds. The van der Waals surface area contributed by atoms with E-state index in [1.54, 1.807) is 0 Å². The molecule has 0 aliphatic carbocycles. The Labute approximate surface area is 99.7 Å². The van der Waals surface area contributed by atoms with Crippen molar-refractivity contribution in [3.63, 3.8) is 0 Å². The van der Waals surface area contributed by atoms with Gasteiger partial charge in [-0.15, -0.1) is 0 Å². The summed E-state index contributed by atoms with van der Waals surface area (Å²) in [6.45, 7) is 7.63. The minimum atomic E-state index is 0.410. The van der Waals surface area contributed by atoms with Crippen LogP contribution in [0.3, 0.4) is 0 Å². The molecular weight excluding hydrogens is 196 g/mol. The monoisotopic (exact) mass is 220 g/mol. The Morgan fingerprint density at radius 1 is 1.31 bits per heavy atom. The summed E-state index contributed by atoms with van der Waals surface area (Å²) < 4.78 is 0. The molecule has 1 aromatic rings. The quantitative estimate of drug-likeness (QED) is 0.820. The van der Waals surface area contributed by atoms with Gasteiger partial charge in [0.05, 0.1) is 0 Å². The van der Waals surface area contributed by atoms with Crippen molar-refractivity contribution in [1.29, 1.82) is 0 Å². The highest BCUT2D eigenvalue weighted by Crippen LogP contribution is 2.15. The first kappa shape index (κ1) is 13.2. The standard InChI is InChI=1S/C14H24N2/c1-11(2)16(5)10-14(15-4)13-8-6-7-12(3)9-13/h6-9,11,14-15H,10H2,1-5H3. The third-order valence-electron chi connectivity index (χ3n) is 3.15. The van der Waals surface area contributed by atoms with Crippen molar-refractivity contribution >= 4 is 0 Å². The Morgan fingerprint density at radius 3 is 2.50 bits per heavy atom. The number of hydrogen-bond acceptors (Lipinski definition) is 2. The molecule has 0 radical (unpaired) electrons. The molecule has 0 heterocycles. The van der Waals surface area contributed by atoms with Crippen LogP contribution in [-0.4, -0.2) is 31.6 Å². The minimum absolute atomic E-state index is 0.410. The topological polar surface area (TPSA) is 15.3 Å². The first-order valence-electron chi connectivity index (χ1n) is 5.98. The van der Waals surface area contributed by atoms with Gasteiger partial charge in [-0.3, -0.25) is 0 Å². The summed E-state index contributed by atoms with van der Waals surface area (Å²) in [4.78, 5) is 2.36. The van der Waals surface area contributed by atoms with Gasteiger partial charge in [-0.1, -0.05) is 29.8 Å². The fraction of sp³-hybridized carbons (Fsp3) is 0.571. The van der Waals surface area contributed by atoms with Gasteiger partial charge < -0.3 is 10.2 Å². The zero-order chi connectivity index (χ0) is 12.1. The molecule has 16 heavy (non-hydrogen) atoms. The Hall–Kier alpha value is -0.860. The van der Waals surface area contributed by atoms with Crippen molar-refractivity contribution in [2.24, 2.45) is 0 Å². The number of rotatable bonds is 5. The predicted octanol–water partition coefficient (Wildman–Crippen LogP) is 2.60. The molecule has 1 atom stereocenters. The van der Waals surface area contributed by atoms with Crippen LogP contribution in [0.4, 0.5) is 0 Å². The van der Waals surface area contributed by atoms with Gasteiger partial charge in [-0.05, 0) is 40.4 Å². The lowest BCUT2D eigenvalue weighted by Gasteiger charge is -2.27. The highest BCUT2D eigenvalue weighted by Gasteiger charge is 2.13. The maximum Gasteiger partial charge on any atom is 0.0446 e. The third-order valence-corrected chi connectivity index (χ3v) is 3.15. The highest BCUT2D eigenvalue weighted by molar-refractivity contribution is 5.25. The van der Waals surface area contributed by atoms with E-state index in [9.17, 15) is 0 Å². The molecule has 2 heteroatoms. The van der Waals surface area contributed by atoms with E-state index in [1.807, 2.05) is 7.05 Å². The van der Waals surface area contributed by atoms with Crippen LogP contribution in [0.25, 0.3) is 0 Å². The largest absolute Gasteiger partial charge is 0.312 e.